The van der Waals surface area contributed by atoms with E-state index in [9.17, 15) is 4.79 Å². The Labute approximate surface area is 95.6 Å². The lowest BCUT2D eigenvalue weighted by molar-refractivity contribution is -0.116. The zero-order chi connectivity index (χ0) is 12.0. The number of ether oxygens (including phenoxy) is 2. The van der Waals surface area contributed by atoms with Crippen molar-refractivity contribution >= 4 is 11.6 Å². The minimum absolute atomic E-state index is 0.00203. The first-order valence-electron chi connectivity index (χ1n) is 5.22. The van der Waals surface area contributed by atoms with Crippen LogP contribution in [0.25, 0.3) is 0 Å². The van der Waals surface area contributed by atoms with E-state index < -0.39 is 0 Å². The van der Waals surface area contributed by atoms with Gasteiger partial charge >= 0.3 is 0 Å². The molecule has 0 aliphatic heterocycles. The second kappa shape index (κ2) is 6.00. The van der Waals surface area contributed by atoms with E-state index in [4.69, 9.17) is 9.47 Å². The molecule has 0 aliphatic rings. The average Bonchev–Trinajstić information content (AvgIpc) is 2.28. The van der Waals surface area contributed by atoms with Crippen LogP contribution in [-0.4, -0.2) is 20.1 Å². The summed E-state index contributed by atoms with van der Waals surface area (Å²) < 4.78 is 10.2. The minimum Gasteiger partial charge on any atom is -0.497 e. The maximum atomic E-state index is 11.4. The zero-order valence-electron chi connectivity index (χ0n) is 9.87. The molecule has 88 valence electrons. The molecule has 0 atom stereocenters. The summed E-state index contributed by atoms with van der Waals surface area (Å²) in [5, 5.41) is 2.79. The highest BCUT2D eigenvalue weighted by Gasteiger charge is 2.04. The van der Waals surface area contributed by atoms with Gasteiger partial charge in [-0.3, -0.25) is 4.79 Å². The zero-order valence-corrected chi connectivity index (χ0v) is 9.87. The van der Waals surface area contributed by atoms with Crippen molar-refractivity contribution in [2.24, 2.45) is 0 Å². The van der Waals surface area contributed by atoms with Crippen LogP contribution < -0.4 is 14.8 Å². The van der Waals surface area contributed by atoms with Gasteiger partial charge < -0.3 is 14.8 Å². The van der Waals surface area contributed by atoms with Gasteiger partial charge in [-0.1, -0.05) is 6.92 Å². The number of rotatable bonds is 5. The van der Waals surface area contributed by atoms with E-state index in [0.717, 1.165) is 6.42 Å². The van der Waals surface area contributed by atoms with Crippen LogP contribution in [0.1, 0.15) is 19.8 Å². The lowest BCUT2D eigenvalue weighted by atomic mass is 10.2. The van der Waals surface area contributed by atoms with Gasteiger partial charge in [0.05, 0.1) is 14.2 Å². The molecule has 0 aliphatic carbocycles. The third-order valence-corrected chi connectivity index (χ3v) is 2.11. The lowest BCUT2D eigenvalue weighted by Crippen LogP contribution is -2.10. The highest BCUT2D eigenvalue weighted by Crippen LogP contribution is 2.25. The molecule has 1 aromatic rings. The summed E-state index contributed by atoms with van der Waals surface area (Å²) in [5.41, 5.74) is 0.689. The standard InChI is InChI=1S/C12H17NO3/c1-4-5-12(14)13-9-6-10(15-2)8-11(7-9)16-3/h6-8H,4-5H2,1-3H3,(H,13,14). The van der Waals surface area contributed by atoms with Crippen molar-refractivity contribution in [3.05, 3.63) is 18.2 Å². The Morgan fingerprint density at radius 3 is 2.19 bits per heavy atom. The summed E-state index contributed by atoms with van der Waals surface area (Å²) >= 11 is 0. The molecule has 0 unspecified atom stereocenters. The number of carbonyl (C=O) groups is 1. The van der Waals surface area contributed by atoms with Crippen LogP contribution in [0.3, 0.4) is 0 Å². The molecule has 0 heterocycles. The number of methoxy groups -OCH3 is 2. The van der Waals surface area contributed by atoms with Crippen molar-refractivity contribution in [1.29, 1.82) is 0 Å². The lowest BCUT2D eigenvalue weighted by Gasteiger charge is -2.09. The number of anilines is 1. The third-order valence-electron chi connectivity index (χ3n) is 2.11. The number of hydrogen-bond donors (Lipinski definition) is 1. The van der Waals surface area contributed by atoms with E-state index in [2.05, 4.69) is 5.32 Å². The Morgan fingerprint density at radius 1 is 1.19 bits per heavy atom. The molecule has 1 N–H and O–H groups in total. The molecule has 16 heavy (non-hydrogen) atoms. The number of hydrogen-bond acceptors (Lipinski definition) is 3. The quantitative estimate of drug-likeness (QED) is 0.834. The van der Waals surface area contributed by atoms with Gasteiger partial charge in [0.1, 0.15) is 11.5 Å². The molecule has 0 saturated heterocycles. The van der Waals surface area contributed by atoms with Gasteiger partial charge in [-0.05, 0) is 6.42 Å². The molecule has 0 bridgehead atoms. The Bertz CT molecular complexity index is 341. The van der Waals surface area contributed by atoms with E-state index in [1.165, 1.54) is 0 Å². The van der Waals surface area contributed by atoms with Crippen molar-refractivity contribution < 1.29 is 14.3 Å². The Hall–Kier alpha value is -1.71. The number of amides is 1. The smallest absolute Gasteiger partial charge is 0.224 e. The first kappa shape index (κ1) is 12.4. The van der Waals surface area contributed by atoms with Gasteiger partial charge in [0, 0.05) is 30.3 Å². The maximum absolute atomic E-state index is 11.4. The number of carbonyl (C=O) groups excluding carboxylic acids is 1. The highest BCUT2D eigenvalue weighted by molar-refractivity contribution is 5.91. The van der Waals surface area contributed by atoms with Crippen molar-refractivity contribution in [2.45, 2.75) is 19.8 Å². The molecular weight excluding hydrogens is 206 g/mol. The number of benzene rings is 1. The molecule has 0 fully saturated rings. The molecule has 4 nitrogen and oxygen atoms in total. The molecular formula is C12H17NO3. The molecule has 0 radical (unpaired) electrons. The predicted molar refractivity (Wildman–Crippen MR) is 63.1 cm³/mol. The van der Waals surface area contributed by atoms with Crippen LogP contribution in [0.4, 0.5) is 5.69 Å². The van der Waals surface area contributed by atoms with Gasteiger partial charge in [-0.25, -0.2) is 0 Å². The summed E-state index contributed by atoms with van der Waals surface area (Å²) in [6.07, 6.45) is 1.34. The molecule has 1 amide bonds. The van der Waals surface area contributed by atoms with Crippen molar-refractivity contribution in [3.63, 3.8) is 0 Å². The first-order valence-corrected chi connectivity index (χ1v) is 5.22. The fraction of sp³-hybridized carbons (Fsp3) is 0.417. The molecule has 0 saturated carbocycles. The Balaban J connectivity index is 2.82. The van der Waals surface area contributed by atoms with Crippen LogP contribution in [0.5, 0.6) is 11.5 Å². The van der Waals surface area contributed by atoms with Crippen LogP contribution in [0, 0.1) is 0 Å². The summed E-state index contributed by atoms with van der Waals surface area (Å²) in [4.78, 5) is 11.4. The second-order valence-electron chi connectivity index (χ2n) is 3.40. The minimum atomic E-state index is -0.00203. The SMILES string of the molecule is CCCC(=O)Nc1cc(OC)cc(OC)c1. The van der Waals surface area contributed by atoms with E-state index in [-0.39, 0.29) is 5.91 Å². The summed E-state index contributed by atoms with van der Waals surface area (Å²) in [7, 11) is 3.15. The van der Waals surface area contributed by atoms with Crippen molar-refractivity contribution in [3.8, 4) is 11.5 Å². The summed E-state index contributed by atoms with van der Waals surface area (Å²) in [5.74, 6) is 1.31. The molecule has 1 aromatic carbocycles. The third kappa shape index (κ3) is 3.46. The fourth-order valence-electron chi connectivity index (χ4n) is 1.33. The van der Waals surface area contributed by atoms with E-state index in [0.29, 0.717) is 23.6 Å². The fourth-order valence-corrected chi connectivity index (χ4v) is 1.33. The topological polar surface area (TPSA) is 47.6 Å². The Kier molecular flexibility index (Phi) is 4.64. The monoisotopic (exact) mass is 223 g/mol. The largest absolute Gasteiger partial charge is 0.497 e. The summed E-state index contributed by atoms with van der Waals surface area (Å²) in [6, 6.07) is 5.28. The molecule has 0 aromatic heterocycles. The van der Waals surface area contributed by atoms with Gasteiger partial charge in [-0.15, -0.1) is 0 Å². The van der Waals surface area contributed by atoms with Gasteiger partial charge in [0.2, 0.25) is 5.91 Å². The predicted octanol–water partition coefficient (Wildman–Crippen LogP) is 2.44. The van der Waals surface area contributed by atoms with Crippen LogP contribution >= 0.6 is 0 Å². The molecule has 4 heteroatoms. The summed E-state index contributed by atoms with van der Waals surface area (Å²) in [6.45, 7) is 1.96. The first-order chi connectivity index (χ1) is 7.69. The van der Waals surface area contributed by atoms with Crippen LogP contribution in [0.15, 0.2) is 18.2 Å². The maximum Gasteiger partial charge on any atom is 0.224 e. The van der Waals surface area contributed by atoms with Gasteiger partial charge in [0.25, 0.3) is 0 Å². The van der Waals surface area contributed by atoms with Gasteiger partial charge in [-0.2, -0.15) is 0 Å². The normalized spacial score (nSPS) is 9.69. The van der Waals surface area contributed by atoms with E-state index in [1.54, 1.807) is 32.4 Å². The van der Waals surface area contributed by atoms with Gasteiger partial charge in [0.15, 0.2) is 0 Å². The van der Waals surface area contributed by atoms with E-state index >= 15 is 0 Å². The second-order valence-corrected chi connectivity index (χ2v) is 3.40. The van der Waals surface area contributed by atoms with E-state index in [1.807, 2.05) is 6.92 Å². The Morgan fingerprint density at radius 2 is 1.75 bits per heavy atom. The van der Waals surface area contributed by atoms with Crippen molar-refractivity contribution in [2.75, 3.05) is 19.5 Å². The number of nitrogens with one attached hydrogen (secondary N) is 1. The van der Waals surface area contributed by atoms with Crippen LogP contribution in [0.2, 0.25) is 0 Å². The highest BCUT2D eigenvalue weighted by atomic mass is 16.5. The van der Waals surface area contributed by atoms with Crippen molar-refractivity contribution in [1.82, 2.24) is 0 Å². The molecule has 0 spiro atoms. The molecule has 1 rings (SSSR count). The van der Waals surface area contributed by atoms with Crippen LogP contribution in [-0.2, 0) is 4.79 Å². The average molecular weight is 223 g/mol.